The first-order valence-electron chi connectivity index (χ1n) is 7.88. The number of rotatable bonds is 4. The van der Waals surface area contributed by atoms with E-state index in [1.807, 2.05) is 24.3 Å². The summed E-state index contributed by atoms with van der Waals surface area (Å²) in [5.74, 6) is -2.24. The SMILES string of the molecule is O=C(CC1C(=O)NNC1=O)Nc1ccc(N2CCCCC2)cc1. The van der Waals surface area contributed by atoms with Gasteiger partial charge in [-0.3, -0.25) is 25.2 Å². The number of hydrazine groups is 1. The largest absolute Gasteiger partial charge is 0.372 e. The fourth-order valence-electron chi connectivity index (χ4n) is 2.91. The van der Waals surface area contributed by atoms with E-state index >= 15 is 0 Å². The number of nitrogens with one attached hydrogen (secondary N) is 3. The lowest BCUT2D eigenvalue weighted by atomic mass is 10.1. The Morgan fingerprint density at radius 1 is 1.04 bits per heavy atom. The summed E-state index contributed by atoms with van der Waals surface area (Å²) in [7, 11) is 0. The number of hydrogen-bond donors (Lipinski definition) is 3. The van der Waals surface area contributed by atoms with Gasteiger partial charge < -0.3 is 10.2 Å². The molecular weight excluding hydrogens is 296 g/mol. The van der Waals surface area contributed by atoms with Gasteiger partial charge in [0.1, 0.15) is 5.92 Å². The number of nitrogens with zero attached hydrogens (tertiary/aromatic N) is 1. The molecule has 0 saturated carbocycles. The number of amides is 3. The highest BCUT2D eigenvalue weighted by atomic mass is 16.2. The molecule has 23 heavy (non-hydrogen) atoms. The summed E-state index contributed by atoms with van der Waals surface area (Å²) in [5.41, 5.74) is 6.23. The molecule has 0 unspecified atom stereocenters. The van der Waals surface area contributed by atoms with Crippen molar-refractivity contribution in [2.75, 3.05) is 23.3 Å². The lowest BCUT2D eigenvalue weighted by Gasteiger charge is -2.28. The minimum absolute atomic E-state index is 0.161. The molecule has 3 N–H and O–H groups in total. The van der Waals surface area contributed by atoms with Crippen molar-refractivity contribution < 1.29 is 14.4 Å². The molecule has 122 valence electrons. The minimum Gasteiger partial charge on any atom is -0.372 e. The Balaban J connectivity index is 1.56. The minimum atomic E-state index is -0.956. The third kappa shape index (κ3) is 3.61. The molecule has 7 nitrogen and oxygen atoms in total. The second-order valence-corrected chi connectivity index (χ2v) is 5.88. The van der Waals surface area contributed by atoms with E-state index in [1.54, 1.807) is 0 Å². The molecule has 0 atom stereocenters. The van der Waals surface area contributed by atoms with Crippen LogP contribution >= 0.6 is 0 Å². The molecule has 0 aliphatic carbocycles. The van der Waals surface area contributed by atoms with Gasteiger partial charge in [-0.05, 0) is 43.5 Å². The average molecular weight is 316 g/mol. The zero-order valence-electron chi connectivity index (χ0n) is 12.8. The van der Waals surface area contributed by atoms with Gasteiger partial charge in [-0.25, -0.2) is 0 Å². The lowest BCUT2D eigenvalue weighted by Crippen LogP contribution is -2.29. The average Bonchev–Trinajstić information content (AvgIpc) is 2.88. The smallest absolute Gasteiger partial charge is 0.251 e. The van der Waals surface area contributed by atoms with Crippen LogP contribution in [0.1, 0.15) is 25.7 Å². The van der Waals surface area contributed by atoms with Crippen molar-refractivity contribution in [3.05, 3.63) is 24.3 Å². The zero-order valence-corrected chi connectivity index (χ0v) is 12.8. The molecule has 2 aliphatic heterocycles. The second kappa shape index (κ2) is 6.68. The van der Waals surface area contributed by atoms with Crippen LogP contribution in [0.3, 0.4) is 0 Å². The second-order valence-electron chi connectivity index (χ2n) is 5.88. The summed E-state index contributed by atoms with van der Waals surface area (Å²) in [5, 5.41) is 2.72. The number of piperidine rings is 1. The summed E-state index contributed by atoms with van der Waals surface area (Å²) < 4.78 is 0. The number of benzene rings is 1. The van der Waals surface area contributed by atoms with Crippen LogP contribution in [0.15, 0.2) is 24.3 Å². The fraction of sp³-hybridized carbons (Fsp3) is 0.438. The van der Waals surface area contributed by atoms with Crippen molar-refractivity contribution in [2.24, 2.45) is 5.92 Å². The molecule has 2 fully saturated rings. The van der Waals surface area contributed by atoms with Crippen LogP contribution in [0.2, 0.25) is 0 Å². The monoisotopic (exact) mass is 316 g/mol. The fourth-order valence-corrected chi connectivity index (χ4v) is 2.91. The molecule has 1 aromatic carbocycles. The van der Waals surface area contributed by atoms with Crippen LogP contribution < -0.4 is 21.1 Å². The van der Waals surface area contributed by atoms with Gasteiger partial charge in [0.25, 0.3) is 11.8 Å². The first-order chi connectivity index (χ1) is 11.1. The van der Waals surface area contributed by atoms with Gasteiger partial charge in [0, 0.05) is 30.9 Å². The van der Waals surface area contributed by atoms with Crippen LogP contribution in [0.5, 0.6) is 0 Å². The van der Waals surface area contributed by atoms with Gasteiger partial charge in [-0.1, -0.05) is 0 Å². The van der Waals surface area contributed by atoms with E-state index in [4.69, 9.17) is 0 Å². The molecule has 2 aliphatic rings. The van der Waals surface area contributed by atoms with E-state index in [-0.39, 0.29) is 12.3 Å². The van der Waals surface area contributed by atoms with Crippen molar-refractivity contribution >= 4 is 29.1 Å². The standard InChI is InChI=1S/C16H20N4O3/c21-14(10-13-15(22)18-19-16(13)23)17-11-4-6-12(7-5-11)20-8-2-1-3-9-20/h4-7,13H,1-3,8-10H2,(H,17,21)(H,18,22)(H,19,23). The maximum Gasteiger partial charge on any atom is 0.251 e. The van der Waals surface area contributed by atoms with Crippen molar-refractivity contribution in [1.82, 2.24) is 10.9 Å². The van der Waals surface area contributed by atoms with Gasteiger partial charge in [-0.15, -0.1) is 0 Å². The maximum atomic E-state index is 12.0. The van der Waals surface area contributed by atoms with E-state index in [2.05, 4.69) is 21.1 Å². The summed E-state index contributed by atoms with van der Waals surface area (Å²) in [4.78, 5) is 37.1. The van der Waals surface area contributed by atoms with Gasteiger partial charge in [0.2, 0.25) is 5.91 Å². The quantitative estimate of drug-likeness (QED) is 0.716. The van der Waals surface area contributed by atoms with Crippen molar-refractivity contribution in [3.63, 3.8) is 0 Å². The molecule has 3 amide bonds. The van der Waals surface area contributed by atoms with Gasteiger partial charge >= 0.3 is 0 Å². The Morgan fingerprint density at radius 2 is 1.65 bits per heavy atom. The molecule has 3 rings (SSSR count). The molecule has 7 heteroatoms. The van der Waals surface area contributed by atoms with Crippen molar-refractivity contribution in [3.8, 4) is 0 Å². The number of anilines is 2. The van der Waals surface area contributed by atoms with Crippen LogP contribution in [0, 0.1) is 5.92 Å². The van der Waals surface area contributed by atoms with E-state index in [1.165, 1.54) is 19.3 Å². The number of hydrogen-bond acceptors (Lipinski definition) is 4. The highest BCUT2D eigenvalue weighted by molar-refractivity contribution is 6.08. The molecule has 0 bridgehead atoms. The normalized spacial score (nSPS) is 18.5. The third-order valence-electron chi connectivity index (χ3n) is 4.20. The summed E-state index contributed by atoms with van der Waals surface area (Å²) in [6.07, 6.45) is 3.55. The van der Waals surface area contributed by atoms with Crippen LogP contribution in [-0.4, -0.2) is 30.8 Å². The molecule has 1 aromatic rings. The molecule has 0 aromatic heterocycles. The topological polar surface area (TPSA) is 90.5 Å². The predicted molar refractivity (Wildman–Crippen MR) is 85.5 cm³/mol. The molecule has 2 heterocycles. The zero-order chi connectivity index (χ0) is 16.2. The van der Waals surface area contributed by atoms with Gasteiger partial charge in [0.05, 0.1) is 0 Å². The first kappa shape index (κ1) is 15.3. The van der Waals surface area contributed by atoms with E-state index in [0.717, 1.165) is 18.8 Å². The van der Waals surface area contributed by atoms with Crippen molar-refractivity contribution in [1.29, 1.82) is 0 Å². The van der Waals surface area contributed by atoms with E-state index in [0.29, 0.717) is 5.69 Å². The molecule has 0 spiro atoms. The van der Waals surface area contributed by atoms with Gasteiger partial charge in [0.15, 0.2) is 0 Å². The Labute approximate surface area is 134 Å². The summed E-state index contributed by atoms with van der Waals surface area (Å²) in [6, 6.07) is 7.65. The molecule has 2 saturated heterocycles. The number of carbonyl (C=O) groups is 3. The predicted octanol–water partition coefficient (Wildman–Crippen LogP) is 0.783. The van der Waals surface area contributed by atoms with Crippen LogP contribution in [0.25, 0.3) is 0 Å². The molecular formula is C16H20N4O3. The Hall–Kier alpha value is -2.57. The third-order valence-corrected chi connectivity index (χ3v) is 4.20. The van der Waals surface area contributed by atoms with Crippen LogP contribution in [-0.2, 0) is 14.4 Å². The Morgan fingerprint density at radius 3 is 2.26 bits per heavy atom. The molecule has 0 radical (unpaired) electrons. The van der Waals surface area contributed by atoms with Crippen molar-refractivity contribution in [2.45, 2.75) is 25.7 Å². The van der Waals surface area contributed by atoms with E-state index < -0.39 is 17.7 Å². The summed E-state index contributed by atoms with van der Waals surface area (Å²) in [6.45, 7) is 2.13. The van der Waals surface area contributed by atoms with E-state index in [9.17, 15) is 14.4 Å². The number of carbonyl (C=O) groups excluding carboxylic acids is 3. The van der Waals surface area contributed by atoms with Crippen LogP contribution in [0.4, 0.5) is 11.4 Å². The highest BCUT2D eigenvalue weighted by Gasteiger charge is 2.34. The lowest BCUT2D eigenvalue weighted by molar-refractivity contribution is -0.131. The van der Waals surface area contributed by atoms with Gasteiger partial charge in [-0.2, -0.15) is 0 Å². The summed E-state index contributed by atoms with van der Waals surface area (Å²) >= 11 is 0. The first-order valence-corrected chi connectivity index (χ1v) is 7.88. The maximum absolute atomic E-state index is 12.0. The Bertz CT molecular complexity index is 592. The highest BCUT2D eigenvalue weighted by Crippen LogP contribution is 2.22. The Kier molecular flexibility index (Phi) is 4.45.